The fourth-order valence-corrected chi connectivity index (χ4v) is 7.71. The summed E-state index contributed by atoms with van der Waals surface area (Å²) in [5, 5.41) is 2.78. The monoisotopic (exact) mass is 535 g/mol. The lowest BCUT2D eigenvalue weighted by Crippen LogP contribution is -2.35. The summed E-state index contributed by atoms with van der Waals surface area (Å²) in [6, 6.07) is 10.9. The van der Waals surface area contributed by atoms with Gasteiger partial charge in [-0.15, -0.1) is 0 Å². The van der Waals surface area contributed by atoms with Crippen molar-refractivity contribution in [2.24, 2.45) is 0 Å². The van der Waals surface area contributed by atoms with Gasteiger partial charge in [0.1, 0.15) is 5.75 Å². The van der Waals surface area contributed by atoms with Crippen LogP contribution < -0.4 is 10.1 Å². The van der Waals surface area contributed by atoms with E-state index in [1.165, 1.54) is 27.9 Å². The van der Waals surface area contributed by atoms with Gasteiger partial charge in [-0.05, 0) is 80.1 Å². The maximum Gasteiger partial charge on any atom is 0.243 e. The average molecular weight is 536 g/mol. The number of benzene rings is 2. The second kappa shape index (κ2) is 11.3. The number of anilines is 1. The third-order valence-corrected chi connectivity index (χ3v) is 10.5. The number of piperidine rings is 1. The van der Waals surface area contributed by atoms with Crippen LogP contribution in [0.3, 0.4) is 0 Å². The van der Waals surface area contributed by atoms with Crippen molar-refractivity contribution < 1.29 is 26.4 Å². The van der Waals surface area contributed by atoms with Crippen LogP contribution in [0.2, 0.25) is 0 Å². The van der Waals surface area contributed by atoms with E-state index in [1.807, 2.05) is 0 Å². The fraction of sp³-hybridized carbons (Fsp3) is 0.480. The van der Waals surface area contributed by atoms with Gasteiger partial charge in [0.05, 0.1) is 16.9 Å². The molecule has 0 aliphatic carbocycles. The van der Waals surface area contributed by atoms with Gasteiger partial charge in [0.15, 0.2) is 0 Å². The maximum absolute atomic E-state index is 13.1. The number of sulfonamides is 2. The van der Waals surface area contributed by atoms with Gasteiger partial charge in [-0.2, -0.15) is 8.61 Å². The summed E-state index contributed by atoms with van der Waals surface area (Å²) in [6.07, 6.45) is 4.88. The van der Waals surface area contributed by atoms with Crippen LogP contribution >= 0.6 is 0 Å². The molecule has 9 nitrogen and oxygen atoms in total. The Kier molecular flexibility index (Phi) is 8.34. The zero-order valence-electron chi connectivity index (χ0n) is 20.5. The van der Waals surface area contributed by atoms with Gasteiger partial charge in [0, 0.05) is 38.3 Å². The highest BCUT2D eigenvalue weighted by molar-refractivity contribution is 7.89. The minimum Gasteiger partial charge on any atom is -0.496 e. The number of hydrogen-bond acceptors (Lipinski definition) is 6. The lowest BCUT2D eigenvalue weighted by Gasteiger charge is -2.26. The molecule has 2 saturated heterocycles. The van der Waals surface area contributed by atoms with Gasteiger partial charge in [-0.25, -0.2) is 16.8 Å². The Labute approximate surface area is 213 Å². The maximum atomic E-state index is 13.1. The van der Waals surface area contributed by atoms with E-state index in [0.717, 1.165) is 32.1 Å². The molecule has 2 heterocycles. The van der Waals surface area contributed by atoms with E-state index in [2.05, 4.69) is 5.32 Å². The number of rotatable bonds is 9. The molecule has 0 spiro atoms. The number of aryl methyl sites for hydroxylation is 1. The van der Waals surface area contributed by atoms with Crippen molar-refractivity contribution >= 4 is 31.6 Å². The Balaban J connectivity index is 1.40. The van der Waals surface area contributed by atoms with Crippen LogP contribution in [0.25, 0.3) is 0 Å². The standard InChI is InChI=1S/C25H33N3O6S2/c1-34-24-13-12-23(36(32,33)28-15-3-2-4-16-28)19-20(24)7-14-25(29)26-21-8-10-22(11-9-21)35(30,31)27-17-5-6-18-27/h8-13,19H,2-7,14-18H2,1H3,(H,26,29). The molecule has 0 saturated carbocycles. The van der Waals surface area contributed by atoms with Gasteiger partial charge >= 0.3 is 0 Å². The predicted molar refractivity (Wildman–Crippen MR) is 137 cm³/mol. The molecule has 2 aromatic carbocycles. The van der Waals surface area contributed by atoms with Crippen molar-refractivity contribution in [1.82, 2.24) is 8.61 Å². The molecule has 2 fully saturated rings. The van der Waals surface area contributed by atoms with E-state index >= 15 is 0 Å². The van der Waals surface area contributed by atoms with Crippen molar-refractivity contribution in [1.29, 1.82) is 0 Å². The summed E-state index contributed by atoms with van der Waals surface area (Å²) in [5.41, 5.74) is 1.13. The summed E-state index contributed by atoms with van der Waals surface area (Å²) in [6.45, 7) is 2.10. The molecule has 2 aromatic rings. The second-order valence-corrected chi connectivity index (χ2v) is 13.0. The topological polar surface area (TPSA) is 113 Å². The van der Waals surface area contributed by atoms with Crippen LogP contribution in [0.15, 0.2) is 52.3 Å². The molecule has 2 aliphatic heterocycles. The highest BCUT2D eigenvalue weighted by atomic mass is 32.2. The molecule has 0 unspecified atom stereocenters. The SMILES string of the molecule is COc1ccc(S(=O)(=O)N2CCCCC2)cc1CCC(=O)Nc1ccc(S(=O)(=O)N2CCCC2)cc1. The number of carbonyl (C=O) groups excluding carboxylic acids is 1. The Morgan fingerprint density at radius 2 is 1.33 bits per heavy atom. The number of ether oxygens (including phenoxy) is 1. The first kappa shape index (κ1) is 26.6. The molecule has 0 bridgehead atoms. The van der Waals surface area contributed by atoms with Gasteiger partial charge in [0.25, 0.3) is 0 Å². The summed E-state index contributed by atoms with van der Waals surface area (Å²) < 4.78 is 59.8. The fourth-order valence-electron chi connectivity index (χ4n) is 4.62. The molecule has 11 heteroatoms. The summed E-state index contributed by atoms with van der Waals surface area (Å²) in [4.78, 5) is 13.0. The van der Waals surface area contributed by atoms with Crippen LogP contribution in [-0.2, 0) is 31.3 Å². The largest absolute Gasteiger partial charge is 0.496 e. The van der Waals surface area contributed by atoms with E-state index in [-0.39, 0.29) is 22.1 Å². The third kappa shape index (κ3) is 5.91. The van der Waals surface area contributed by atoms with Crippen LogP contribution in [0.1, 0.15) is 44.1 Å². The van der Waals surface area contributed by atoms with E-state index in [4.69, 9.17) is 4.74 Å². The zero-order chi connectivity index (χ0) is 25.8. The smallest absolute Gasteiger partial charge is 0.243 e. The molecule has 4 rings (SSSR count). The van der Waals surface area contributed by atoms with Crippen LogP contribution in [-0.4, -0.2) is 64.6 Å². The van der Waals surface area contributed by atoms with Crippen molar-refractivity contribution in [2.45, 2.75) is 54.7 Å². The lowest BCUT2D eigenvalue weighted by molar-refractivity contribution is -0.116. The molecule has 36 heavy (non-hydrogen) atoms. The molecule has 2 aliphatic rings. The Hall–Kier alpha value is -2.47. The minimum absolute atomic E-state index is 0.109. The number of nitrogens with one attached hydrogen (secondary N) is 1. The number of hydrogen-bond donors (Lipinski definition) is 1. The summed E-state index contributed by atoms with van der Waals surface area (Å²) in [5.74, 6) is 0.258. The van der Waals surface area contributed by atoms with Gasteiger partial charge in [-0.3, -0.25) is 4.79 Å². The van der Waals surface area contributed by atoms with E-state index < -0.39 is 20.0 Å². The van der Waals surface area contributed by atoms with Gasteiger partial charge in [0.2, 0.25) is 26.0 Å². The highest BCUT2D eigenvalue weighted by Crippen LogP contribution is 2.27. The number of amides is 1. The molecular formula is C25H33N3O6S2. The average Bonchev–Trinajstić information content (AvgIpc) is 3.44. The highest BCUT2D eigenvalue weighted by Gasteiger charge is 2.28. The second-order valence-electron chi connectivity index (χ2n) is 9.12. The predicted octanol–water partition coefficient (Wildman–Crippen LogP) is 3.23. The van der Waals surface area contributed by atoms with E-state index in [0.29, 0.717) is 49.6 Å². The Bertz CT molecular complexity index is 1280. The van der Waals surface area contributed by atoms with Crippen LogP contribution in [0.4, 0.5) is 5.69 Å². The van der Waals surface area contributed by atoms with E-state index in [9.17, 15) is 21.6 Å². The minimum atomic E-state index is -3.59. The molecule has 1 amide bonds. The Morgan fingerprint density at radius 1 is 0.806 bits per heavy atom. The zero-order valence-corrected chi connectivity index (χ0v) is 22.1. The molecule has 0 atom stereocenters. The number of carbonyl (C=O) groups is 1. The number of nitrogens with zero attached hydrogens (tertiary/aromatic N) is 2. The molecule has 1 N–H and O–H groups in total. The van der Waals surface area contributed by atoms with Crippen molar-refractivity contribution in [3.05, 3.63) is 48.0 Å². The van der Waals surface area contributed by atoms with Crippen LogP contribution in [0, 0.1) is 0 Å². The van der Waals surface area contributed by atoms with E-state index in [1.54, 1.807) is 30.3 Å². The Morgan fingerprint density at radius 3 is 1.92 bits per heavy atom. The lowest BCUT2D eigenvalue weighted by atomic mass is 10.1. The molecule has 0 radical (unpaired) electrons. The van der Waals surface area contributed by atoms with Crippen molar-refractivity contribution in [3.63, 3.8) is 0 Å². The summed E-state index contributed by atoms with van der Waals surface area (Å²) >= 11 is 0. The third-order valence-electron chi connectivity index (χ3n) is 6.67. The normalized spacial score (nSPS) is 17.7. The number of methoxy groups -OCH3 is 1. The molecule has 196 valence electrons. The first-order valence-corrected chi connectivity index (χ1v) is 15.2. The first-order valence-electron chi connectivity index (χ1n) is 12.3. The van der Waals surface area contributed by atoms with Gasteiger partial charge < -0.3 is 10.1 Å². The van der Waals surface area contributed by atoms with Crippen molar-refractivity contribution in [2.75, 3.05) is 38.6 Å². The molecule has 0 aromatic heterocycles. The van der Waals surface area contributed by atoms with Gasteiger partial charge in [-0.1, -0.05) is 6.42 Å². The summed E-state index contributed by atoms with van der Waals surface area (Å²) in [7, 11) is -5.59. The molecular weight excluding hydrogens is 502 g/mol. The van der Waals surface area contributed by atoms with Crippen LogP contribution in [0.5, 0.6) is 5.75 Å². The quantitative estimate of drug-likeness (QED) is 0.528. The first-order chi connectivity index (χ1) is 17.2. The van der Waals surface area contributed by atoms with Crippen molar-refractivity contribution in [3.8, 4) is 5.75 Å².